The van der Waals surface area contributed by atoms with Gasteiger partial charge in [0.2, 0.25) is 0 Å². The fourth-order valence-corrected chi connectivity index (χ4v) is 2.41. The number of amides is 1. The van der Waals surface area contributed by atoms with E-state index in [1.807, 2.05) is 34.6 Å². The van der Waals surface area contributed by atoms with Gasteiger partial charge in [-0.15, -0.1) is 0 Å². The molecule has 1 atom stereocenters. The van der Waals surface area contributed by atoms with Gasteiger partial charge in [0.25, 0.3) is 0 Å². The Morgan fingerprint density at radius 3 is 2.53 bits per heavy atom. The molecule has 0 aliphatic carbocycles. The zero-order chi connectivity index (χ0) is 14.7. The lowest BCUT2D eigenvalue weighted by atomic mass is 10.1. The third-order valence-corrected chi connectivity index (χ3v) is 3.31. The average Bonchev–Trinajstić information content (AvgIpc) is 2.52. The van der Waals surface area contributed by atoms with Crippen molar-refractivity contribution >= 4 is 6.09 Å². The van der Waals surface area contributed by atoms with Gasteiger partial charge in [-0.25, -0.2) is 4.79 Å². The van der Waals surface area contributed by atoms with Crippen LogP contribution in [0.4, 0.5) is 4.79 Å². The summed E-state index contributed by atoms with van der Waals surface area (Å²) in [6.45, 7) is 12.3. The van der Waals surface area contributed by atoms with Gasteiger partial charge < -0.3 is 9.47 Å². The molecule has 1 heterocycles. The molecule has 1 aliphatic heterocycles. The van der Waals surface area contributed by atoms with E-state index in [4.69, 9.17) is 9.47 Å². The standard InChI is InChI=1S/C15H29NO3/c1-7-8-9-10-12-11-18-15(5,6)16(12)13(17)19-14(2,3)4/h12H,7-11H2,1-6H3/t12-/m0/s1. The van der Waals surface area contributed by atoms with E-state index in [0.29, 0.717) is 6.61 Å². The Kier molecular flexibility index (Phi) is 5.25. The van der Waals surface area contributed by atoms with Gasteiger partial charge in [-0.05, 0) is 41.0 Å². The molecular formula is C15H29NO3. The van der Waals surface area contributed by atoms with Crippen LogP contribution in [0.25, 0.3) is 0 Å². The van der Waals surface area contributed by atoms with Crippen molar-refractivity contribution in [3.63, 3.8) is 0 Å². The van der Waals surface area contributed by atoms with E-state index in [1.54, 1.807) is 4.90 Å². The van der Waals surface area contributed by atoms with Crippen molar-refractivity contribution in [3.8, 4) is 0 Å². The van der Waals surface area contributed by atoms with Crippen molar-refractivity contribution in [3.05, 3.63) is 0 Å². The largest absolute Gasteiger partial charge is 0.444 e. The van der Waals surface area contributed by atoms with E-state index in [1.165, 1.54) is 12.8 Å². The molecular weight excluding hydrogens is 242 g/mol. The van der Waals surface area contributed by atoms with Crippen molar-refractivity contribution in [2.24, 2.45) is 0 Å². The summed E-state index contributed by atoms with van der Waals surface area (Å²) in [6.07, 6.45) is 4.22. The summed E-state index contributed by atoms with van der Waals surface area (Å²) in [7, 11) is 0. The molecule has 0 N–H and O–H groups in total. The monoisotopic (exact) mass is 271 g/mol. The summed E-state index contributed by atoms with van der Waals surface area (Å²) >= 11 is 0. The van der Waals surface area contributed by atoms with Crippen molar-refractivity contribution < 1.29 is 14.3 Å². The highest BCUT2D eigenvalue weighted by Crippen LogP contribution is 2.31. The third-order valence-electron chi connectivity index (χ3n) is 3.31. The summed E-state index contributed by atoms with van der Waals surface area (Å²) in [5.74, 6) is 0. The number of ether oxygens (including phenoxy) is 2. The topological polar surface area (TPSA) is 38.8 Å². The van der Waals surface area contributed by atoms with Gasteiger partial charge in [0, 0.05) is 0 Å². The van der Waals surface area contributed by atoms with Crippen molar-refractivity contribution in [2.75, 3.05) is 6.61 Å². The molecule has 4 heteroatoms. The maximum atomic E-state index is 12.3. The normalized spacial score (nSPS) is 22.6. The molecule has 1 aliphatic rings. The highest BCUT2D eigenvalue weighted by molar-refractivity contribution is 5.69. The highest BCUT2D eigenvalue weighted by Gasteiger charge is 2.45. The lowest BCUT2D eigenvalue weighted by Crippen LogP contribution is -2.49. The van der Waals surface area contributed by atoms with Crippen LogP contribution in [0.1, 0.15) is 67.2 Å². The molecule has 0 unspecified atom stereocenters. The molecule has 4 nitrogen and oxygen atoms in total. The van der Waals surface area contributed by atoms with Gasteiger partial charge in [-0.2, -0.15) is 0 Å². The van der Waals surface area contributed by atoms with E-state index in [2.05, 4.69) is 6.92 Å². The molecule has 0 radical (unpaired) electrons. The minimum atomic E-state index is -0.570. The number of hydrogen-bond acceptors (Lipinski definition) is 3. The number of nitrogens with zero attached hydrogens (tertiary/aromatic N) is 1. The number of carbonyl (C=O) groups excluding carboxylic acids is 1. The first-order valence-electron chi connectivity index (χ1n) is 7.33. The van der Waals surface area contributed by atoms with Crippen LogP contribution in [0.5, 0.6) is 0 Å². The first-order chi connectivity index (χ1) is 8.67. The second-order valence-electron chi connectivity index (χ2n) is 6.76. The SMILES string of the molecule is CCCCC[C@H]1COC(C)(C)N1C(=O)OC(C)(C)C. The molecule has 1 amide bonds. The van der Waals surface area contributed by atoms with E-state index in [9.17, 15) is 4.79 Å². The fraction of sp³-hybridized carbons (Fsp3) is 0.933. The van der Waals surface area contributed by atoms with Gasteiger partial charge >= 0.3 is 6.09 Å². The van der Waals surface area contributed by atoms with Gasteiger partial charge in [-0.1, -0.05) is 26.2 Å². The maximum Gasteiger partial charge on any atom is 0.412 e. The molecule has 0 aromatic heterocycles. The first-order valence-corrected chi connectivity index (χ1v) is 7.33. The Hall–Kier alpha value is -0.770. The number of carbonyl (C=O) groups is 1. The van der Waals surface area contributed by atoms with Gasteiger partial charge in [0.15, 0.2) is 0 Å². The Balaban J connectivity index is 2.69. The molecule has 1 rings (SSSR count). The zero-order valence-electron chi connectivity index (χ0n) is 13.3. The second kappa shape index (κ2) is 6.12. The fourth-order valence-electron chi connectivity index (χ4n) is 2.41. The lowest BCUT2D eigenvalue weighted by molar-refractivity contribution is -0.0627. The van der Waals surface area contributed by atoms with Crippen LogP contribution in [-0.4, -0.2) is 35.0 Å². The van der Waals surface area contributed by atoms with Crippen LogP contribution in [0.3, 0.4) is 0 Å². The quantitative estimate of drug-likeness (QED) is 0.727. The number of unbranched alkanes of at least 4 members (excludes halogenated alkanes) is 2. The minimum Gasteiger partial charge on any atom is -0.444 e. The first kappa shape index (κ1) is 16.3. The van der Waals surface area contributed by atoms with Crippen LogP contribution in [-0.2, 0) is 9.47 Å². The zero-order valence-corrected chi connectivity index (χ0v) is 13.3. The Labute approximate surface area is 117 Å². The van der Waals surface area contributed by atoms with Crippen LogP contribution >= 0.6 is 0 Å². The summed E-state index contributed by atoms with van der Waals surface area (Å²) in [4.78, 5) is 14.1. The molecule has 0 aromatic carbocycles. The van der Waals surface area contributed by atoms with Crippen LogP contribution in [0, 0.1) is 0 Å². The summed E-state index contributed by atoms with van der Waals surface area (Å²) in [6, 6.07) is 0.136. The van der Waals surface area contributed by atoms with E-state index < -0.39 is 11.3 Å². The summed E-state index contributed by atoms with van der Waals surface area (Å²) in [5, 5.41) is 0. The van der Waals surface area contributed by atoms with Crippen molar-refractivity contribution in [1.29, 1.82) is 0 Å². The Bertz CT molecular complexity index is 307. The number of rotatable bonds is 4. The molecule has 112 valence electrons. The Morgan fingerprint density at radius 2 is 2.00 bits per heavy atom. The molecule has 0 saturated carbocycles. The van der Waals surface area contributed by atoms with E-state index >= 15 is 0 Å². The maximum absolute atomic E-state index is 12.3. The highest BCUT2D eigenvalue weighted by atomic mass is 16.6. The van der Waals surface area contributed by atoms with E-state index in [0.717, 1.165) is 12.8 Å². The average molecular weight is 271 g/mol. The lowest BCUT2D eigenvalue weighted by Gasteiger charge is -2.35. The second-order valence-corrected chi connectivity index (χ2v) is 6.76. The Morgan fingerprint density at radius 1 is 1.37 bits per heavy atom. The molecule has 0 bridgehead atoms. The molecule has 1 saturated heterocycles. The van der Waals surface area contributed by atoms with Crippen LogP contribution < -0.4 is 0 Å². The summed E-state index contributed by atoms with van der Waals surface area (Å²) < 4.78 is 11.3. The number of hydrogen-bond donors (Lipinski definition) is 0. The predicted octanol–water partition coefficient (Wildman–Crippen LogP) is 3.94. The predicted molar refractivity (Wildman–Crippen MR) is 76.0 cm³/mol. The molecule has 0 aromatic rings. The third kappa shape index (κ3) is 4.68. The molecule has 0 spiro atoms. The smallest absolute Gasteiger partial charge is 0.412 e. The minimum absolute atomic E-state index is 0.136. The van der Waals surface area contributed by atoms with Gasteiger partial charge in [0.1, 0.15) is 11.3 Å². The van der Waals surface area contributed by atoms with Gasteiger partial charge in [0.05, 0.1) is 12.6 Å². The van der Waals surface area contributed by atoms with Crippen LogP contribution in [0.2, 0.25) is 0 Å². The molecule has 19 heavy (non-hydrogen) atoms. The van der Waals surface area contributed by atoms with Crippen LogP contribution in [0.15, 0.2) is 0 Å². The van der Waals surface area contributed by atoms with E-state index in [-0.39, 0.29) is 12.1 Å². The molecule has 1 fully saturated rings. The van der Waals surface area contributed by atoms with Crippen molar-refractivity contribution in [1.82, 2.24) is 4.90 Å². The van der Waals surface area contributed by atoms with Gasteiger partial charge in [-0.3, -0.25) is 4.90 Å². The van der Waals surface area contributed by atoms with Crippen molar-refractivity contribution in [2.45, 2.75) is 84.6 Å². The summed E-state index contributed by atoms with van der Waals surface area (Å²) in [5.41, 5.74) is -1.04.